The molecule has 0 bridgehead atoms. The predicted octanol–water partition coefficient (Wildman–Crippen LogP) is 0.232. The summed E-state index contributed by atoms with van der Waals surface area (Å²) in [6.07, 6.45) is 3.26. The molecule has 0 aromatic heterocycles. The zero-order chi connectivity index (χ0) is 8.39. The van der Waals surface area contributed by atoms with E-state index < -0.39 is 0 Å². The predicted molar refractivity (Wildman–Crippen MR) is 46.0 cm³/mol. The number of nitrogens with zero attached hydrogens (tertiary/aromatic N) is 1. The van der Waals surface area contributed by atoms with Crippen molar-refractivity contribution < 1.29 is 9.84 Å². The molecular formula is C9H17NO2. The molecule has 3 nitrogen and oxygen atoms in total. The summed E-state index contributed by atoms with van der Waals surface area (Å²) in [5.41, 5.74) is 0. The van der Waals surface area contributed by atoms with Crippen LogP contribution < -0.4 is 0 Å². The van der Waals surface area contributed by atoms with Crippen LogP contribution in [0.15, 0.2) is 0 Å². The summed E-state index contributed by atoms with van der Waals surface area (Å²) in [6.45, 7) is 3.68. The van der Waals surface area contributed by atoms with Gasteiger partial charge in [-0.05, 0) is 19.3 Å². The molecule has 0 spiro atoms. The molecule has 1 aliphatic carbocycles. The fraction of sp³-hybridized carbons (Fsp3) is 1.00. The molecule has 70 valence electrons. The van der Waals surface area contributed by atoms with Gasteiger partial charge >= 0.3 is 0 Å². The molecule has 1 heterocycles. The molecule has 1 saturated carbocycles. The largest absolute Gasteiger partial charge is 0.391 e. The van der Waals surface area contributed by atoms with Crippen LogP contribution in [-0.4, -0.2) is 48.5 Å². The highest BCUT2D eigenvalue weighted by atomic mass is 16.5. The van der Waals surface area contributed by atoms with E-state index in [-0.39, 0.29) is 6.10 Å². The first-order chi connectivity index (χ1) is 5.88. The number of morpholine rings is 1. The molecule has 2 rings (SSSR count). The SMILES string of the molecule is O[C@H]1CCC[C@@H]1N1CCOCC1. The average Bonchev–Trinajstić information content (AvgIpc) is 2.53. The van der Waals surface area contributed by atoms with Crippen molar-refractivity contribution in [1.82, 2.24) is 4.90 Å². The Balaban J connectivity index is 1.89. The van der Waals surface area contributed by atoms with E-state index in [2.05, 4.69) is 4.90 Å². The van der Waals surface area contributed by atoms with Gasteiger partial charge in [0.15, 0.2) is 0 Å². The van der Waals surface area contributed by atoms with E-state index in [9.17, 15) is 5.11 Å². The maximum absolute atomic E-state index is 9.66. The van der Waals surface area contributed by atoms with Crippen molar-refractivity contribution in [2.24, 2.45) is 0 Å². The molecule has 0 aromatic rings. The van der Waals surface area contributed by atoms with Crippen LogP contribution in [0.2, 0.25) is 0 Å². The van der Waals surface area contributed by atoms with Gasteiger partial charge < -0.3 is 9.84 Å². The number of hydrogen-bond donors (Lipinski definition) is 1. The van der Waals surface area contributed by atoms with E-state index in [0.29, 0.717) is 6.04 Å². The lowest BCUT2D eigenvalue weighted by atomic mass is 10.1. The minimum atomic E-state index is -0.0805. The van der Waals surface area contributed by atoms with Gasteiger partial charge in [0.2, 0.25) is 0 Å². The van der Waals surface area contributed by atoms with Crippen molar-refractivity contribution >= 4 is 0 Å². The average molecular weight is 171 g/mol. The fourth-order valence-corrected chi connectivity index (χ4v) is 2.26. The second-order valence-corrected chi connectivity index (χ2v) is 3.71. The Morgan fingerprint density at radius 1 is 1.17 bits per heavy atom. The number of hydrogen-bond acceptors (Lipinski definition) is 3. The van der Waals surface area contributed by atoms with Gasteiger partial charge in [-0.2, -0.15) is 0 Å². The number of ether oxygens (including phenoxy) is 1. The summed E-state index contributed by atoms with van der Waals surface area (Å²) in [4.78, 5) is 2.38. The summed E-state index contributed by atoms with van der Waals surface area (Å²) in [5, 5.41) is 9.66. The van der Waals surface area contributed by atoms with Crippen LogP contribution in [0.1, 0.15) is 19.3 Å². The molecule has 0 amide bonds. The van der Waals surface area contributed by atoms with E-state index in [4.69, 9.17) is 4.74 Å². The summed E-state index contributed by atoms with van der Waals surface area (Å²) in [5.74, 6) is 0. The van der Waals surface area contributed by atoms with Crippen LogP contribution in [0.5, 0.6) is 0 Å². The van der Waals surface area contributed by atoms with Crippen LogP contribution in [0.25, 0.3) is 0 Å². The van der Waals surface area contributed by atoms with Gasteiger partial charge in [-0.15, -0.1) is 0 Å². The van der Waals surface area contributed by atoms with Crippen LogP contribution >= 0.6 is 0 Å². The maximum atomic E-state index is 9.66. The Kier molecular flexibility index (Phi) is 2.63. The molecule has 2 aliphatic rings. The lowest BCUT2D eigenvalue weighted by Crippen LogP contribution is -2.46. The Morgan fingerprint density at radius 3 is 2.50 bits per heavy atom. The van der Waals surface area contributed by atoms with Crippen LogP contribution in [0, 0.1) is 0 Å². The third-order valence-electron chi connectivity index (χ3n) is 2.96. The Hall–Kier alpha value is -0.120. The van der Waals surface area contributed by atoms with Crippen LogP contribution in [0.3, 0.4) is 0 Å². The molecule has 1 N–H and O–H groups in total. The normalized spacial score (nSPS) is 38.8. The van der Waals surface area contributed by atoms with Gasteiger partial charge in [0.25, 0.3) is 0 Å². The van der Waals surface area contributed by atoms with Crippen molar-refractivity contribution in [3.8, 4) is 0 Å². The standard InChI is InChI=1S/C9H17NO2/c11-9-3-1-2-8(9)10-4-6-12-7-5-10/h8-9,11H,1-7H2/t8-,9-/m0/s1. The van der Waals surface area contributed by atoms with Crippen molar-refractivity contribution in [2.75, 3.05) is 26.3 Å². The minimum absolute atomic E-state index is 0.0805. The molecule has 1 aliphatic heterocycles. The highest BCUT2D eigenvalue weighted by Crippen LogP contribution is 2.24. The van der Waals surface area contributed by atoms with Gasteiger partial charge in [-0.1, -0.05) is 0 Å². The zero-order valence-electron chi connectivity index (χ0n) is 7.41. The van der Waals surface area contributed by atoms with Gasteiger partial charge in [0.05, 0.1) is 19.3 Å². The van der Waals surface area contributed by atoms with Crippen molar-refractivity contribution in [3.63, 3.8) is 0 Å². The molecule has 2 fully saturated rings. The van der Waals surface area contributed by atoms with Crippen molar-refractivity contribution in [3.05, 3.63) is 0 Å². The third kappa shape index (κ3) is 1.63. The van der Waals surface area contributed by atoms with E-state index in [1.807, 2.05) is 0 Å². The molecular weight excluding hydrogens is 154 g/mol. The number of rotatable bonds is 1. The summed E-state index contributed by atoms with van der Waals surface area (Å²) >= 11 is 0. The van der Waals surface area contributed by atoms with E-state index in [1.54, 1.807) is 0 Å². The smallest absolute Gasteiger partial charge is 0.0695 e. The Bertz CT molecular complexity index is 145. The van der Waals surface area contributed by atoms with Crippen molar-refractivity contribution in [2.45, 2.75) is 31.4 Å². The topological polar surface area (TPSA) is 32.7 Å². The lowest BCUT2D eigenvalue weighted by Gasteiger charge is -2.33. The highest BCUT2D eigenvalue weighted by Gasteiger charge is 2.31. The van der Waals surface area contributed by atoms with Gasteiger partial charge in [-0.3, -0.25) is 4.90 Å². The monoisotopic (exact) mass is 171 g/mol. The summed E-state index contributed by atoms with van der Waals surface area (Å²) in [6, 6.07) is 0.425. The Morgan fingerprint density at radius 2 is 1.92 bits per heavy atom. The van der Waals surface area contributed by atoms with E-state index >= 15 is 0 Å². The molecule has 0 unspecified atom stereocenters. The van der Waals surface area contributed by atoms with Crippen molar-refractivity contribution in [1.29, 1.82) is 0 Å². The highest BCUT2D eigenvalue weighted by molar-refractivity contribution is 4.85. The molecule has 0 radical (unpaired) electrons. The first-order valence-electron chi connectivity index (χ1n) is 4.88. The minimum Gasteiger partial charge on any atom is -0.391 e. The number of aliphatic hydroxyl groups is 1. The van der Waals surface area contributed by atoms with Crippen LogP contribution in [-0.2, 0) is 4.74 Å². The van der Waals surface area contributed by atoms with E-state index in [0.717, 1.165) is 32.7 Å². The third-order valence-corrected chi connectivity index (χ3v) is 2.96. The summed E-state index contributed by atoms with van der Waals surface area (Å²) in [7, 11) is 0. The summed E-state index contributed by atoms with van der Waals surface area (Å²) < 4.78 is 5.27. The lowest BCUT2D eigenvalue weighted by molar-refractivity contribution is -0.0113. The quantitative estimate of drug-likeness (QED) is 0.613. The second kappa shape index (κ2) is 3.73. The Labute approximate surface area is 73.3 Å². The van der Waals surface area contributed by atoms with Gasteiger partial charge in [-0.25, -0.2) is 0 Å². The van der Waals surface area contributed by atoms with Gasteiger partial charge in [0.1, 0.15) is 0 Å². The number of aliphatic hydroxyl groups excluding tert-OH is 1. The second-order valence-electron chi connectivity index (χ2n) is 3.71. The van der Waals surface area contributed by atoms with Gasteiger partial charge in [0, 0.05) is 19.1 Å². The van der Waals surface area contributed by atoms with Crippen LogP contribution in [0.4, 0.5) is 0 Å². The first kappa shape index (κ1) is 8.48. The fourth-order valence-electron chi connectivity index (χ4n) is 2.26. The molecule has 1 saturated heterocycles. The van der Waals surface area contributed by atoms with E-state index in [1.165, 1.54) is 12.8 Å². The molecule has 12 heavy (non-hydrogen) atoms. The molecule has 3 heteroatoms. The first-order valence-corrected chi connectivity index (χ1v) is 4.88. The zero-order valence-corrected chi connectivity index (χ0v) is 7.41. The molecule has 0 aromatic carbocycles. The molecule has 2 atom stereocenters. The maximum Gasteiger partial charge on any atom is 0.0695 e.